The average molecular weight is 263 g/mol. The molecule has 18 heavy (non-hydrogen) atoms. The first-order valence-electron chi connectivity index (χ1n) is 6.75. The molecule has 1 aliphatic carbocycles. The molecule has 2 rings (SSSR count). The van der Waals surface area contributed by atoms with Gasteiger partial charge in [-0.15, -0.1) is 0 Å². The third kappa shape index (κ3) is 3.45. The molecule has 0 aromatic heterocycles. The van der Waals surface area contributed by atoms with E-state index in [4.69, 9.17) is 22.7 Å². The van der Waals surface area contributed by atoms with Crippen molar-refractivity contribution in [2.45, 2.75) is 45.1 Å². The maximum atomic E-state index is 6.04. The Balaban J connectivity index is 1.94. The molecular weight excluding hydrogens is 242 g/mol. The number of nitrogens with two attached hydrogens (primary N) is 1. The van der Waals surface area contributed by atoms with Gasteiger partial charge in [0.05, 0.1) is 6.10 Å². The lowest BCUT2D eigenvalue weighted by Gasteiger charge is -2.29. The van der Waals surface area contributed by atoms with Crippen molar-refractivity contribution in [1.82, 2.24) is 0 Å². The van der Waals surface area contributed by atoms with Crippen molar-refractivity contribution >= 4 is 17.2 Å². The van der Waals surface area contributed by atoms with Crippen LogP contribution in [0, 0.1) is 5.92 Å². The molecule has 0 amide bonds. The van der Waals surface area contributed by atoms with Gasteiger partial charge in [-0.1, -0.05) is 32.0 Å². The van der Waals surface area contributed by atoms with E-state index in [9.17, 15) is 0 Å². The number of ether oxygens (including phenoxy) is 1. The summed E-state index contributed by atoms with van der Waals surface area (Å²) in [7, 11) is 0. The van der Waals surface area contributed by atoms with E-state index in [1.54, 1.807) is 0 Å². The minimum absolute atomic E-state index is 0.374. The quantitative estimate of drug-likeness (QED) is 0.842. The second-order valence-corrected chi connectivity index (χ2v) is 5.51. The topological polar surface area (TPSA) is 35.2 Å². The molecule has 1 aromatic rings. The van der Waals surface area contributed by atoms with Crippen molar-refractivity contribution in [2.24, 2.45) is 11.7 Å². The van der Waals surface area contributed by atoms with E-state index in [1.807, 2.05) is 24.3 Å². The number of thiocarbonyl (C=S) groups is 1. The zero-order valence-corrected chi connectivity index (χ0v) is 11.7. The summed E-state index contributed by atoms with van der Waals surface area (Å²) in [5, 5.41) is 0. The van der Waals surface area contributed by atoms with Crippen LogP contribution in [0.1, 0.15) is 44.6 Å². The lowest BCUT2D eigenvalue weighted by Crippen LogP contribution is -2.25. The maximum Gasteiger partial charge on any atom is 0.119 e. The molecule has 0 aliphatic heterocycles. The Kier molecular flexibility index (Phi) is 4.59. The SMILES string of the molecule is CCC1CCCC(Oc2ccc(C(N)=S)cc2)C1. The largest absolute Gasteiger partial charge is 0.490 e. The molecule has 3 heteroatoms. The smallest absolute Gasteiger partial charge is 0.119 e. The third-order valence-electron chi connectivity index (χ3n) is 3.75. The summed E-state index contributed by atoms with van der Waals surface area (Å²) in [6.07, 6.45) is 6.64. The highest BCUT2D eigenvalue weighted by atomic mass is 32.1. The number of rotatable bonds is 4. The van der Waals surface area contributed by atoms with Crippen LogP contribution >= 0.6 is 12.2 Å². The summed E-state index contributed by atoms with van der Waals surface area (Å²) < 4.78 is 6.04. The standard InChI is InChI=1S/C15H21NOS/c1-2-11-4-3-5-14(10-11)17-13-8-6-12(7-9-13)15(16)18/h6-9,11,14H,2-5,10H2,1H3,(H2,16,18). The van der Waals surface area contributed by atoms with Crippen molar-refractivity contribution in [3.05, 3.63) is 29.8 Å². The molecule has 2 atom stereocenters. The molecule has 0 spiro atoms. The summed E-state index contributed by atoms with van der Waals surface area (Å²) in [5.41, 5.74) is 6.47. The van der Waals surface area contributed by atoms with Gasteiger partial charge in [0.15, 0.2) is 0 Å². The second-order valence-electron chi connectivity index (χ2n) is 5.07. The second kappa shape index (κ2) is 6.19. The fourth-order valence-corrected chi connectivity index (χ4v) is 2.75. The average Bonchev–Trinajstić information content (AvgIpc) is 2.39. The predicted octanol–water partition coefficient (Wildman–Crippen LogP) is 3.67. The molecule has 2 unspecified atom stereocenters. The van der Waals surface area contributed by atoms with Crippen molar-refractivity contribution in [3.8, 4) is 5.75 Å². The Hall–Kier alpha value is -1.09. The van der Waals surface area contributed by atoms with Gasteiger partial charge in [-0.05, 0) is 49.4 Å². The van der Waals surface area contributed by atoms with Gasteiger partial charge < -0.3 is 10.5 Å². The van der Waals surface area contributed by atoms with Gasteiger partial charge in [-0.3, -0.25) is 0 Å². The molecule has 1 fully saturated rings. The molecule has 1 saturated carbocycles. The van der Waals surface area contributed by atoms with Gasteiger partial charge in [0, 0.05) is 5.56 Å². The summed E-state index contributed by atoms with van der Waals surface area (Å²) in [6.45, 7) is 2.27. The normalized spacial score (nSPS) is 23.6. The number of hydrogen-bond acceptors (Lipinski definition) is 2. The molecule has 1 aromatic carbocycles. The molecule has 0 radical (unpaired) electrons. The summed E-state index contributed by atoms with van der Waals surface area (Å²) in [6, 6.07) is 7.78. The first-order valence-corrected chi connectivity index (χ1v) is 7.16. The van der Waals surface area contributed by atoms with E-state index < -0.39 is 0 Å². The van der Waals surface area contributed by atoms with Gasteiger partial charge >= 0.3 is 0 Å². The molecule has 1 aliphatic rings. The fraction of sp³-hybridized carbons (Fsp3) is 0.533. The first kappa shape index (κ1) is 13.3. The van der Waals surface area contributed by atoms with Gasteiger partial charge in [-0.25, -0.2) is 0 Å². The van der Waals surface area contributed by atoms with Crippen LogP contribution in [0.4, 0.5) is 0 Å². The lowest BCUT2D eigenvalue weighted by molar-refractivity contribution is 0.122. The van der Waals surface area contributed by atoms with Crippen molar-refractivity contribution < 1.29 is 4.74 Å². The van der Waals surface area contributed by atoms with Crippen molar-refractivity contribution in [1.29, 1.82) is 0 Å². The van der Waals surface area contributed by atoms with Gasteiger partial charge in [0.2, 0.25) is 0 Å². The van der Waals surface area contributed by atoms with Gasteiger partial charge in [0.1, 0.15) is 10.7 Å². The van der Waals surface area contributed by atoms with E-state index in [0.29, 0.717) is 11.1 Å². The zero-order valence-electron chi connectivity index (χ0n) is 10.9. The van der Waals surface area contributed by atoms with Crippen LogP contribution in [0.5, 0.6) is 5.75 Å². The third-order valence-corrected chi connectivity index (χ3v) is 3.99. The molecule has 0 heterocycles. The lowest BCUT2D eigenvalue weighted by atomic mass is 9.85. The Morgan fingerprint density at radius 1 is 1.33 bits per heavy atom. The minimum atomic E-state index is 0.374. The van der Waals surface area contributed by atoms with E-state index in [1.165, 1.54) is 32.1 Å². The highest BCUT2D eigenvalue weighted by Crippen LogP contribution is 2.29. The van der Waals surface area contributed by atoms with E-state index in [2.05, 4.69) is 6.92 Å². The summed E-state index contributed by atoms with van der Waals surface area (Å²) in [4.78, 5) is 0.435. The molecular formula is C15H21NOS. The van der Waals surface area contributed by atoms with Crippen LogP contribution in [0.15, 0.2) is 24.3 Å². The van der Waals surface area contributed by atoms with Crippen molar-refractivity contribution in [2.75, 3.05) is 0 Å². The summed E-state index contributed by atoms with van der Waals surface area (Å²) >= 11 is 4.93. The monoisotopic (exact) mass is 263 g/mol. The Morgan fingerprint density at radius 2 is 2.06 bits per heavy atom. The van der Waals surface area contributed by atoms with E-state index in [0.717, 1.165) is 17.2 Å². The van der Waals surface area contributed by atoms with E-state index >= 15 is 0 Å². The van der Waals surface area contributed by atoms with Crippen LogP contribution in [0.2, 0.25) is 0 Å². The van der Waals surface area contributed by atoms with Crippen LogP contribution in [-0.2, 0) is 0 Å². The molecule has 2 N–H and O–H groups in total. The molecule has 0 saturated heterocycles. The Morgan fingerprint density at radius 3 is 2.67 bits per heavy atom. The zero-order chi connectivity index (χ0) is 13.0. The molecule has 0 bridgehead atoms. The van der Waals surface area contributed by atoms with Crippen LogP contribution in [0.25, 0.3) is 0 Å². The van der Waals surface area contributed by atoms with E-state index in [-0.39, 0.29) is 0 Å². The van der Waals surface area contributed by atoms with Crippen LogP contribution in [-0.4, -0.2) is 11.1 Å². The minimum Gasteiger partial charge on any atom is -0.490 e. The number of hydrogen-bond donors (Lipinski definition) is 1. The Bertz CT molecular complexity index is 401. The predicted molar refractivity (Wildman–Crippen MR) is 79.0 cm³/mol. The summed E-state index contributed by atoms with van der Waals surface area (Å²) in [5.74, 6) is 1.76. The fourth-order valence-electron chi connectivity index (χ4n) is 2.61. The highest BCUT2D eigenvalue weighted by Gasteiger charge is 2.21. The Labute approximate surface area is 115 Å². The van der Waals surface area contributed by atoms with Crippen molar-refractivity contribution in [3.63, 3.8) is 0 Å². The van der Waals surface area contributed by atoms with Crippen LogP contribution in [0.3, 0.4) is 0 Å². The first-order chi connectivity index (χ1) is 8.69. The van der Waals surface area contributed by atoms with Crippen LogP contribution < -0.4 is 10.5 Å². The number of benzene rings is 1. The van der Waals surface area contributed by atoms with Gasteiger partial charge in [-0.2, -0.15) is 0 Å². The maximum absolute atomic E-state index is 6.04. The molecule has 2 nitrogen and oxygen atoms in total. The van der Waals surface area contributed by atoms with Gasteiger partial charge in [0.25, 0.3) is 0 Å². The molecule has 98 valence electrons. The highest BCUT2D eigenvalue weighted by molar-refractivity contribution is 7.80.